The molecule has 1 unspecified atom stereocenters. The maximum absolute atomic E-state index is 12.8. The van der Waals surface area contributed by atoms with Crippen molar-refractivity contribution in [2.45, 2.75) is 12.5 Å². The molecule has 0 saturated carbocycles. The largest absolute Gasteiger partial charge is 0.313 e. The highest BCUT2D eigenvalue weighted by atomic mass is 35.5. The van der Waals surface area contributed by atoms with Crippen LogP contribution in [0.25, 0.3) is 0 Å². The number of benzene rings is 1. The maximum Gasteiger partial charge on any atom is 0.215 e. The third-order valence-electron chi connectivity index (χ3n) is 3.97. The van der Waals surface area contributed by atoms with E-state index in [9.17, 15) is 8.42 Å². The second-order valence-electron chi connectivity index (χ2n) is 5.53. The summed E-state index contributed by atoms with van der Waals surface area (Å²) in [5.74, 6) is 0.143. The van der Waals surface area contributed by atoms with Crippen LogP contribution in [0.15, 0.2) is 41.8 Å². The molecular weight excluding hydrogens is 352 g/mol. The van der Waals surface area contributed by atoms with Crippen LogP contribution in [0.4, 0.5) is 0 Å². The zero-order valence-electron chi connectivity index (χ0n) is 12.6. The number of piperazine rings is 1. The first-order valence-electron chi connectivity index (χ1n) is 7.54. The van der Waals surface area contributed by atoms with Crippen LogP contribution in [0.1, 0.15) is 16.5 Å². The van der Waals surface area contributed by atoms with E-state index in [1.165, 1.54) is 0 Å². The lowest BCUT2D eigenvalue weighted by Gasteiger charge is -2.35. The molecule has 1 aromatic heterocycles. The van der Waals surface area contributed by atoms with Gasteiger partial charge in [0.15, 0.2) is 0 Å². The zero-order valence-corrected chi connectivity index (χ0v) is 15.0. The number of nitrogens with one attached hydrogen (secondary N) is 1. The Labute approximate surface area is 146 Å². The fourth-order valence-corrected chi connectivity index (χ4v) is 5.52. The average Bonchev–Trinajstić information content (AvgIpc) is 3.07. The predicted octanol–water partition coefficient (Wildman–Crippen LogP) is 2.92. The molecule has 7 heteroatoms. The normalized spacial score (nSPS) is 19.8. The lowest BCUT2D eigenvalue weighted by atomic mass is 10.1. The summed E-state index contributed by atoms with van der Waals surface area (Å²) >= 11 is 7.66. The molecule has 1 fully saturated rings. The van der Waals surface area contributed by atoms with Crippen LogP contribution in [0.5, 0.6) is 0 Å². The molecule has 23 heavy (non-hydrogen) atoms. The highest BCUT2D eigenvalue weighted by Gasteiger charge is 2.33. The van der Waals surface area contributed by atoms with E-state index in [0.29, 0.717) is 31.1 Å². The second kappa shape index (κ2) is 7.32. The summed E-state index contributed by atoms with van der Waals surface area (Å²) in [6, 6.07) is 11.2. The van der Waals surface area contributed by atoms with Crippen molar-refractivity contribution in [2.24, 2.45) is 0 Å². The molecule has 2 heterocycles. The quantitative estimate of drug-likeness (QED) is 0.880. The van der Waals surface area contributed by atoms with Crippen molar-refractivity contribution in [2.75, 3.05) is 25.4 Å². The number of aryl methyl sites for hydroxylation is 1. The number of rotatable bonds is 5. The summed E-state index contributed by atoms with van der Waals surface area (Å²) in [7, 11) is -3.31. The Morgan fingerprint density at radius 1 is 1.30 bits per heavy atom. The number of hydrogen-bond acceptors (Lipinski definition) is 4. The third kappa shape index (κ3) is 4.14. The minimum atomic E-state index is -3.31. The minimum Gasteiger partial charge on any atom is -0.313 e. The van der Waals surface area contributed by atoms with E-state index in [4.69, 9.17) is 11.6 Å². The van der Waals surface area contributed by atoms with Crippen LogP contribution in [0.3, 0.4) is 0 Å². The number of sulfonamides is 1. The summed E-state index contributed by atoms with van der Waals surface area (Å²) in [6.07, 6.45) is 0.562. The van der Waals surface area contributed by atoms with Gasteiger partial charge >= 0.3 is 0 Å². The van der Waals surface area contributed by atoms with Gasteiger partial charge in [0, 0.05) is 29.5 Å². The first-order valence-corrected chi connectivity index (χ1v) is 10.4. The van der Waals surface area contributed by atoms with Crippen LogP contribution in [-0.2, 0) is 16.4 Å². The highest BCUT2D eigenvalue weighted by Crippen LogP contribution is 2.27. The predicted molar refractivity (Wildman–Crippen MR) is 95.6 cm³/mol. The monoisotopic (exact) mass is 370 g/mol. The van der Waals surface area contributed by atoms with Crippen molar-refractivity contribution in [3.05, 3.63) is 57.2 Å². The fraction of sp³-hybridized carbons (Fsp3) is 0.375. The van der Waals surface area contributed by atoms with Gasteiger partial charge in [-0.05, 0) is 35.6 Å². The summed E-state index contributed by atoms with van der Waals surface area (Å²) in [6.45, 7) is 1.78. The second-order valence-corrected chi connectivity index (χ2v) is 9.04. The molecule has 1 aliphatic rings. The Hall–Kier alpha value is -0.920. The summed E-state index contributed by atoms with van der Waals surface area (Å²) in [5, 5.41) is 5.88. The zero-order chi connectivity index (χ0) is 16.3. The third-order valence-corrected chi connectivity index (χ3v) is 7.01. The molecule has 0 aliphatic carbocycles. The van der Waals surface area contributed by atoms with Crippen molar-refractivity contribution < 1.29 is 8.42 Å². The van der Waals surface area contributed by atoms with Gasteiger partial charge in [0.05, 0.1) is 11.8 Å². The van der Waals surface area contributed by atoms with Gasteiger partial charge in [0.2, 0.25) is 10.0 Å². The molecular formula is C16H19ClN2O2S2. The first-order chi connectivity index (χ1) is 11.1. The number of halogens is 1. The van der Waals surface area contributed by atoms with Gasteiger partial charge < -0.3 is 5.32 Å². The van der Waals surface area contributed by atoms with Gasteiger partial charge in [0.25, 0.3) is 0 Å². The Morgan fingerprint density at radius 3 is 2.91 bits per heavy atom. The van der Waals surface area contributed by atoms with E-state index in [0.717, 1.165) is 10.4 Å². The summed E-state index contributed by atoms with van der Waals surface area (Å²) < 4.78 is 27.3. The molecule has 0 amide bonds. The lowest BCUT2D eigenvalue weighted by molar-refractivity contribution is 0.271. The van der Waals surface area contributed by atoms with Gasteiger partial charge in [0.1, 0.15) is 0 Å². The van der Waals surface area contributed by atoms with Crippen molar-refractivity contribution in [3.63, 3.8) is 0 Å². The van der Waals surface area contributed by atoms with Crippen molar-refractivity contribution in [1.29, 1.82) is 0 Å². The summed E-state index contributed by atoms with van der Waals surface area (Å²) in [4.78, 5) is 1.10. The number of nitrogens with zero attached hydrogens (tertiary/aromatic N) is 1. The Kier molecular flexibility index (Phi) is 5.38. The fourth-order valence-electron chi connectivity index (χ4n) is 2.82. The van der Waals surface area contributed by atoms with Crippen LogP contribution in [0.2, 0.25) is 5.02 Å². The molecule has 0 radical (unpaired) electrons. The highest BCUT2D eigenvalue weighted by molar-refractivity contribution is 7.89. The molecule has 1 saturated heterocycles. The minimum absolute atomic E-state index is 0.143. The maximum atomic E-state index is 12.8. The van der Waals surface area contributed by atoms with E-state index in [2.05, 4.69) is 5.32 Å². The molecule has 0 spiro atoms. The van der Waals surface area contributed by atoms with Gasteiger partial charge in [-0.1, -0.05) is 29.8 Å². The smallest absolute Gasteiger partial charge is 0.215 e. The number of thiophene rings is 1. The van der Waals surface area contributed by atoms with E-state index >= 15 is 0 Å². The molecule has 2 aromatic rings. The molecule has 4 nitrogen and oxygen atoms in total. The van der Waals surface area contributed by atoms with Crippen LogP contribution < -0.4 is 5.32 Å². The topological polar surface area (TPSA) is 49.4 Å². The molecule has 1 atom stereocenters. The molecule has 0 bridgehead atoms. The van der Waals surface area contributed by atoms with Crippen molar-refractivity contribution in [1.82, 2.24) is 9.62 Å². The standard InChI is InChI=1S/C16H19ClN2O2S2/c17-14-4-1-3-13(11-14)16-12-18-7-8-19(16)23(20,21)10-6-15-5-2-9-22-15/h1-5,9,11,16,18H,6-8,10,12H2. The van der Waals surface area contributed by atoms with E-state index in [1.807, 2.05) is 35.7 Å². The molecule has 1 N–H and O–H groups in total. The molecule has 3 rings (SSSR count). The Morgan fingerprint density at radius 2 is 2.17 bits per heavy atom. The molecule has 1 aliphatic heterocycles. The van der Waals surface area contributed by atoms with Gasteiger partial charge in [-0.15, -0.1) is 11.3 Å². The molecule has 1 aromatic carbocycles. The SMILES string of the molecule is O=S(=O)(CCc1cccs1)N1CCNCC1c1cccc(Cl)c1. The Balaban J connectivity index is 1.79. The van der Waals surface area contributed by atoms with Crippen LogP contribution >= 0.6 is 22.9 Å². The van der Waals surface area contributed by atoms with Crippen molar-refractivity contribution >= 4 is 33.0 Å². The van der Waals surface area contributed by atoms with Crippen LogP contribution in [-0.4, -0.2) is 38.1 Å². The van der Waals surface area contributed by atoms with E-state index in [-0.39, 0.29) is 11.8 Å². The molecule has 124 valence electrons. The first kappa shape index (κ1) is 16.9. The average molecular weight is 371 g/mol. The van der Waals surface area contributed by atoms with Gasteiger partial charge in [-0.2, -0.15) is 4.31 Å². The summed E-state index contributed by atoms with van der Waals surface area (Å²) in [5.41, 5.74) is 0.935. The van der Waals surface area contributed by atoms with Crippen molar-refractivity contribution in [3.8, 4) is 0 Å². The van der Waals surface area contributed by atoms with Crippen LogP contribution in [0, 0.1) is 0 Å². The van der Waals surface area contributed by atoms with Gasteiger partial charge in [-0.3, -0.25) is 0 Å². The Bertz CT molecular complexity index is 747. The van der Waals surface area contributed by atoms with E-state index in [1.54, 1.807) is 21.7 Å². The lowest BCUT2D eigenvalue weighted by Crippen LogP contribution is -2.49. The van der Waals surface area contributed by atoms with Gasteiger partial charge in [-0.25, -0.2) is 8.42 Å². The van der Waals surface area contributed by atoms with E-state index < -0.39 is 10.0 Å². The number of hydrogen-bond donors (Lipinski definition) is 1.